The average molecular weight is 735 g/mol. The first-order valence-electron chi connectivity index (χ1n) is 20.3. The monoisotopic (exact) mass is 734 g/mol. The standard InChI is InChI=1S/C53H42N4/c1-35-32-40(30-31-41(35)49-23-13-22-47(55-49)37-16-6-3-7-17-37)57-51-25-11-9-19-43(51)45-33-52-44(34-53(45)57)42-18-8-10-24-50(42)56(52)39-28-26-38(27-29-39)48-21-12-20-46(54-48)36-14-4-2-5-15-36/h2-11,13-20,22-29,32-35,41H,12,21,30-31H2,1H3. The molecule has 0 amide bonds. The number of benzene rings is 6. The Labute approximate surface area is 332 Å². The van der Waals surface area contributed by atoms with Crippen LogP contribution in [0.2, 0.25) is 0 Å². The van der Waals surface area contributed by atoms with Crippen molar-refractivity contribution in [3.05, 3.63) is 193 Å². The molecule has 4 heterocycles. The third-order valence-corrected chi connectivity index (χ3v) is 12.3. The van der Waals surface area contributed by atoms with E-state index in [9.17, 15) is 0 Å². The highest BCUT2D eigenvalue weighted by Crippen LogP contribution is 2.43. The molecule has 2 aliphatic rings. The summed E-state index contributed by atoms with van der Waals surface area (Å²) in [5.41, 5.74) is 15.5. The largest absolute Gasteiger partial charge is 0.313 e. The van der Waals surface area contributed by atoms with Gasteiger partial charge in [0.05, 0.1) is 33.5 Å². The molecular formula is C53H42N4. The minimum absolute atomic E-state index is 0.345. The molecule has 4 heteroatoms. The van der Waals surface area contributed by atoms with Crippen LogP contribution in [0.4, 0.5) is 0 Å². The second-order valence-corrected chi connectivity index (χ2v) is 15.7. The molecule has 4 nitrogen and oxygen atoms in total. The number of para-hydroxylation sites is 2. The molecule has 0 fully saturated rings. The number of pyridine rings is 1. The first kappa shape index (κ1) is 33.5. The van der Waals surface area contributed by atoms with E-state index in [1.165, 1.54) is 71.7 Å². The number of nitrogens with zero attached hydrogens (tertiary/aromatic N) is 4. The van der Waals surface area contributed by atoms with Crippen LogP contribution < -0.4 is 0 Å². The molecule has 0 N–H and O–H groups in total. The van der Waals surface area contributed by atoms with E-state index >= 15 is 0 Å². The lowest BCUT2D eigenvalue weighted by Crippen LogP contribution is -2.16. The van der Waals surface area contributed by atoms with Gasteiger partial charge in [-0.25, -0.2) is 0 Å². The van der Waals surface area contributed by atoms with Crippen LogP contribution in [-0.4, -0.2) is 19.8 Å². The molecule has 0 saturated carbocycles. The highest BCUT2D eigenvalue weighted by atomic mass is 15.0. The summed E-state index contributed by atoms with van der Waals surface area (Å²) in [6.45, 7) is 2.37. The van der Waals surface area contributed by atoms with Gasteiger partial charge in [0.2, 0.25) is 0 Å². The predicted octanol–water partition coefficient (Wildman–Crippen LogP) is 13.6. The molecule has 2 unspecified atom stereocenters. The lowest BCUT2D eigenvalue weighted by atomic mass is 9.81. The van der Waals surface area contributed by atoms with Crippen molar-refractivity contribution < 1.29 is 0 Å². The van der Waals surface area contributed by atoms with E-state index in [2.05, 4.69) is 192 Å². The summed E-state index contributed by atoms with van der Waals surface area (Å²) in [7, 11) is 0. The van der Waals surface area contributed by atoms with Crippen molar-refractivity contribution in [3.8, 4) is 16.9 Å². The van der Waals surface area contributed by atoms with E-state index in [4.69, 9.17) is 9.98 Å². The van der Waals surface area contributed by atoms with Crippen LogP contribution in [0.15, 0.2) is 181 Å². The number of fused-ring (bicyclic) bond motifs is 6. The summed E-state index contributed by atoms with van der Waals surface area (Å²) in [5, 5.41) is 5.10. The van der Waals surface area contributed by atoms with Crippen molar-refractivity contribution in [1.29, 1.82) is 0 Å². The van der Waals surface area contributed by atoms with E-state index in [-0.39, 0.29) is 0 Å². The SMILES string of the molecule is CC1C=C(n2c3ccccc3c3cc4c(cc32)c2ccccc2n4-c2ccc(C3=NC(c4ccccc4)=CCC3)cc2)CCC1c1cccc(-c2ccccc2)n1. The average Bonchev–Trinajstić information content (AvgIpc) is 3.78. The molecular weight excluding hydrogens is 693 g/mol. The summed E-state index contributed by atoms with van der Waals surface area (Å²) in [6.07, 6.45) is 8.76. The lowest BCUT2D eigenvalue weighted by Gasteiger charge is -2.29. The molecule has 0 bridgehead atoms. The van der Waals surface area contributed by atoms with E-state index in [0.717, 1.165) is 48.5 Å². The van der Waals surface area contributed by atoms with Crippen molar-refractivity contribution in [2.45, 2.75) is 38.5 Å². The summed E-state index contributed by atoms with van der Waals surface area (Å²) in [4.78, 5) is 10.3. The van der Waals surface area contributed by atoms with Gasteiger partial charge in [0.15, 0.2) is 0 Å². The summed E-state index contributed by atoms with van der Waals surface area (Å²) in [5.74, 6) is 0.715. The molecule has 0 saturated heterocycles. The highest BCUT2D eigenvalue weighted by molar-refractivity contribution is 6.19. The van der Waals surface area contributed by atoms with Gasteiger partial charge in [0, 0.05) is 55.8 Å². The van der Waals surface area contributed by atoms with Crippen molar-refractivity contribution >= 4 is 60.7 Å². The molecule has 3 aromatic heterocycles. The normalized spacial score (nSPS) is 17.2. The Kier molecular flexibility index (Phi) is 8.10. The van der Waals surface area contributed by atoms with Crippen molar-refractivity contribution in [2.75, 3.05) is 0 Å². The van der Waals surface area contributed by atoms with Gasteiger partial charge in [-0.15, -0.1) is 0 Å². The van der Waals surface area contributed by atoms with Crippen LogP contribution in [0.3, 0.4) is 0 Å². The number of aromatic nitrogens is 3. The zero-order chi connectivity index (χ0) is 37.9. The Hall–Kier alpha value is -6.78. The lowest BCUT2D eigenvalue weighted by molar-refractivity contribution is 0.482. The second-order valence-electron chi connectivity index (χ2n) is 15.7. The molecule has 274 valence electrons. The Balaban J connectivity index is 0.999. The fourth-order valence-corrected chi connectivity index (χ4v) is 9.51. The Morgan fingerprint density at radius 2 is 1.16 bits per heavy atom. The first-order valence-corrected chi connectivity index (χ1v) is 20.3. The van der Waals surface area contributed by atoms with Gasteiger partial charge in [-0.2, -0.15) is 0 Å². The van der Waals surface area contributed by atoms with Gasteiger partial charge in [-0.05, 0) is 91.3 Å². The van der Waals surface area contributed by atoms with Crippen LogP contribution in [0.1, 0.15) is 55.3 Å². The molecule has 2 atom stereocenters. The minimum Gasteiger partial charge on any atom is -0.313 e. The van der Waals surface area contributed by atoms with E-state index < -0.39 is 0 Å². The molecule has 1 aliphatic heterocycles. The molecule has 6 aromatic carbocycles. The predicted molar refractivity (Wildman–Crippen MR) is 239 cm³/mol. The first-order chi connectivity index (χ1) is 28.2. The maximum Gasteiger partial charge on any atom is 0.0705 e. The Bertz CT molecular complexity index is 3070. The quantitative estimate of drug-likeness (QED) is 0.167. The van der Waals surface area contributed by atoms with Crippen molar-refractivity contribution in [2.24, 2.45) is 10.9 Å². The van der Waals surface area contributed by atoms with Crippen molar-refractivity contribution in [3.63, 3.8) is 0 Å². The molecule has 9 aromatic rings. The minimum atomic E-state index is 0.345. The van der Waals surface area contributed by atoms with E-state index in [0.29, 0.717) is 11.8 Å². The molecule has 1 aliphatic carbocycles. The van der Waals surface area contributed by atoms with Gasteiger partial charge in [0.1, 0.15) is 0 Å². The number of hydrogen-bond donors (Lipinski definition) is 0. The zero-order valence-corrected chi connectivity index (χ0v) is 32.0. The smallest absolute Gasteiger partial charge is 0.0705 e. The number of hydrogen-bond acceptors (Lipinski definition) is 2. The van der Waals surface area contributed by atoms with Gasteiger partial charge in [0.25, 0.3) is 0 Å². The van der Waals surface area contributed by atoms with Crippen LogP contribution in [-0.2, 0) is 0 Å². The number of allylic oxidation sites excluding steroid dienone is 3. The maximum atomic E-state index is 5.19. The summed E-state index contributed by atoms with van der Waals surface area (Å²) < 4.78 is 5.00. The maximum absolute atomic E-state index is 5.19. The third-order valence-electron chi connectivity index (χ3n) is 12.3. The van der Waals surface area contributed by atoms with Gasteiger partial charge in [-0.3, -0.25) is 9.98 Å². The molecule has 57 heavy (non-hydrogen) atoms. The number of aliphatic imine (C=N–C) groups is 1. The number of rotatable bonds is 6. The van der Waals surface area contributed by atoms with E-state index in [1.54, 1.807) is 0 Å². The van der Waals surface area contributed by atoms with Crippen LogP contribution in [0.5, 0.6) is 0 Å². The fourth-order valence-electron chi connectivity index (χ4n) is 9.51. The summed E-state index contributed by atoms with van der Waals surface area (Å²) >= 11 is 0. The molecule has 0 radical (unpaired) electrons. The second kappa shape index (κ2) is 13.8. The molecule has 0 spiro atoms. The van der Waals surface area contributed by atoms with Gasteiger partial charge in [-0.1, -0.05) is 134 Å². The van der Waals surface area contributed by atoms with Crippen molar-refractivity contribution in [1.82, 2.24) is 14.1 Å². The molecule has 11 rings (SSSR count). The van der Waals surface area contributed by atoms with E-state index in [1.807, 2.05) is 0 Å². The Morgan fingerprint density at radius 1 is 0.526 bits per heavy atom. The van der Waals surface area contributed by atoms with Crippen LogP contribution in [0, 0.1) is 5.92 Å². The highest BCUT2D eigenvalue weighted by Gasteiger charge is 2.27. The zero-order valence-electron chi connectivity index (χ0n) is 32.0. The fraction of sp³-hybridized carbons (Fsp3) is 0.132. The van der Waals surface area contributed by atoms with Gasteiger partial charge < -0.3 is 9.13 Å². The van der Waals surface area contributed by atoms with Crippen LogP contribution in [0.25, 0.3) is 72.0 Å². The third kappa shape index (κ3) is 5.74. The topological polar surface area (TPSA) is 35.1 Å². The van der Waals surface area contributed by atoms with Crippen LogP contribution >= 0.6 is 0 Å². The van der Waals surface area contributed by atoms with Gasteiger partial charge >= 0.3 is 0 Å². The summed E-state index contributed by atoms with van der Waals surface area (Å²) in [6, 6.07) is 59.3. The Morgan fingerprint density at radius 3 is 1.86 bits per heavy atom.